The van der Waals surface area contributed by atoms with Crippen molar-refractivity contribution in [2.24, 2.45) is 0 Å². The summed E-state index contributed by atoms with van der Waals surface area (Å²) in [4.78, 5) is 22.1. The Morgan fingerprint density at radius 2 is 2.00 bits per heavy atom. The van der Waals surface area contributed by atoms with Crippen molar-refractivity contribution >= 4 is 21.9 Å². The number of carbonyl (C=O) groups excluding carboxylic acids is 2. The lowest BCUT2D eigenvalue weighted by atomic mass is 10.1. The molecular weight excluding hydrogens is 238 g/mol. The summed E-state index contributed by atoms with van der Waals surface area (Å²) < 4.78 is 27.9. The zero-order valence-corrected chi connectivity index (χ0v) is 9.54. The number of aliphatic hydroxyl groups excluding tert-OH is 1. The van der Waals surface area contributed by atoms with Crippen LogP contribution in [0.1, 0.15) is 6.92 Å². The summed E-state index contributed by atoms with van der Waals surface area (Å²) in [5.41, 5.74) is 0.0282. The monoisotopic (exact) mass is 251 g/mol. The van der Waals surface area contributed by atoms with Crippen molar-refractivity contribution in [3.05, 3.63) is 12.2 Å². The molecular formula is C8H13NO6S. The van der Waals surface area contributed by atoms with Gasteiger partial charge in [0.15, 0.2) is 0 Å². The summed E-state index contributed by atoms with van der Waals surface area (Å²) in [7, 11) is -4.11. The molecule has 0 aliphatic heterocycles. The molecule has 0 aromatic rings. The number of nitrogens with one attached hydrogen (secondary N) is 1. The summed E-state index contributed by atoms with van der Waals surface area (Å²) in [6.07, 6.45) is 0. The molecule has 0 saturated heterocycles. The van der Waals surface area contributed by atoms with Crippen LogP contribution in [0.15, 0.2) is 12.2 Å². The maximum atomic E-state index is 11.1. The van der Waals surface area contributed by atoms with Crippen LogP contribution in [-0.4, -0.2) is 44.8 Å². The van der Waals surface area contributed by atoms with Gasteiger partial charge in [-0.15, -0.1) is 0 Å². The molecule has 0 spiro atoms. The van der Waals surface area contributed by atoms with Crippen LogP contribution in [0.4, 0.5) is 0 Å². The number of allylic oxidation sites excluding steroid dienone is 1. The average molecular weight is 251 g/mol. The number of Topliss-reactive ketones (excluding diaryl/α,β-unsaturated/α-hetero) is 2. The maximum absolute atomic E-state index is 11.1. The Bertz CT molecular complexity index is 385. The Morgan fingerprint density at radius 3 is 2.44 bits per heavy atom. The molecule has 92 valence electrons. The zero-order valence-electron chi connectivity index (χ0n) is 8.73. The molecule has 0 rings (SSSR count). The number of rotatable bonds is 8. The Morgan fingerprint density at radius 1 is 1.44 bits per heavy atom. The second-order valence-corrected chi connectivity index (χ2v) is 4.29. The molecule has 2 N–H and O–H groups in total. The van der Waals surface area contributed by atoms with E-state index in [0.29, 0.717) is 0 Å². The Hall–Kier alpha value is -1.09. The van der Waals surface area contributed by atoms with Gasteiger partial charge in [0.25, 0.3) is 0 Å². The molecule has 0 heterocycles. The van der Waals surface area contributed by atoms with Crippen molar-refractivity contribution in [3.63, 3.8) is 0 Å². The molecule has 0 bridgehead atoms. The first-order chi connectivity index (χ1) is 7.30. The Kier molecular flexibility index (Phi) is 6.04. The average Bonchev–Trinajstić information content (AvgIpc) is 2.22. The van der Waals surface area contributed by atoms with E-state index in [1.165, 1.54) is 6.92 Å². The van der Waals surface area contributed by atoms with Crippen LogP contribution in [0, 0.1) is 0 Å². The van der Waals surface area contributed by atoms with Crippen LogP contribution in [0.5, 0.6) is 0 Å². The number of hydrogen-bond acceptors (Lipinski definition) is 6. The first-order valence-electron chi connectivity index (χ1n) is 4.28. The number of hydrogen-bond donors (Lipinski definition) is 2. The molecule has 0 amide bonds. The standard InChI is InChI=1S/C8H13NO6S/c1-6(2)8(12)7(11)5-9-16(13,14)15-4-3-10/h9-10H,1,3-5H2,2H3. The molecule has 0 radical (unpaired) electrons. The highest BCUT2D eigenvalue weighted by Crippen LogP contribution is 1.92. The van der Waals surface area contributed by atoms with Crippen LogP contribution < -0.4 is 4.72 Å². The molecule has 0 aromatic carbocycles. The van der Waals surface area contributed by atoms with Gasteiger partial charge in [-0.1, -0.05) is 6.58 Å². The second kappa shape index (κ2) is 6.48. The van der Waals surface area contributed by atoms with E-state index >= 15 is 0 Å². The fourth-order valence-electron chi connectivity index (χ4n) is 0.661. The van der Waals surface area contributed by atoms with Crippen LogP contribution >= 0.6 is 0 Å². The van der Waals surface area contributed by atoms with Gasteiger partial charge in [0.2, 0.25) is 11.6 Å². The SMILES string of the molecule is C=C(C)C(=O)C(=O)CNS(=O)(=O)OCCO. The molecule has 0 aliphatic carbocycles. The quantitative estimate of drug-likeness (QED) is 0.403. The minimum atomic E-state index is -4.11. The predicted octanol–water partition coefficient (Wildman–Crippen LogP) is -1.46. The predicted molar refractivity (Wildman–Crippen MR) is 54.8 cm³/mol. The van der Waals surface area contributed by atoms with E-state index in [1.807, 2.05) is 0 Å². The van der Waals surface area contributed by atoms with Crippen molar-refractivity contribution in [1.82, 2.24) is 4.72 Å². The van der Waals surface area contributed by atoms with Gasteiger partial charge >= 0.3 is 10.3 Å². The number of ketones is 2. The topological polar surface area (TPSA) is 110 Å². The highest BCUT2D eigenvalue weighted by molar-refractivity contribution is 7.84. The van der Waals surface area contributed by atoms with Gasteiger partial charge in [-0.2, -0.15) is 13.1 Å². The highest BCUT2D eigenvalue weighted by Gasteiger charge is 2.18. The van der Waals surface area contributed by atoms with Gasteiger partial charge in [0.1, 0.15) is 0 Å². The third kappa shape index (κ3) is 5.71. The van der Waals surface area contributed by atoms with Crippen molar-refractivity contribution in [1.29, 1.82) is 0 Å². The smallest absolute Gasteiger partial charge is 0.336 e. The summed E-state index contributed by atoms with van der Waals surface area (Å²) in [5.74, 6) is -1.77. The first kappa shape index (κ1) is 14.9. The van der Waals surface area contributed by atoms with Crippen LogP contribution in [0.25, 0.3) is 0 Å². The van der Waals surface area contributed by atoms with Gasteiger partial charge in [0.05, 0.1) is 19.8 Å². The van der Waals surface area contributed by atoms with E-state index in [2.05, 4.69) is 10.8 Å². The van der Waals surface area contributed by atoms with Gasteiger partial charge in [0, 0.05) is 0 Å². The third-order valence-corrected chi connectivity index (χ3v) is 2.36. The normalized spacial score (nSPS) is 11.1. The molecule has 0 unspecified atom stereocenters. The van der Waals surface area contributed by atoms with Crippen molar-refractivity contribution in [2.75, 3.05) is 19.8 Å². The van der Waals surface area contributed by atoms with E-state index in [-0.39, 0.29) is 5.57 Å². The minimum Gasteiger partial charge on any atom is -0.394 e. The molecule has 0 aromatic heterocycles. The summed E-state index contributed by atoms with van der Waals surface area (Å²) >= 11 is 0. The van der Waals surface area contributed by atoms with Crippen LogP contribution in [0.2, 0.25) is 0 Å². The Labute approximate surface area is 93.4 Å². The lowest BCUT2D eigenvalue weighted by Crippen LogP contribution is -2.34. The Balaban J connectivity index is 4.20. The van der Waals surface area contributed by atoms with E-state index < -0.39 is 41.6 Å². The molecule has 7 nitrogen and oxygen atoms in total. The minimum absolute atomic E-state index is 0.0282. The molecule has 16 heavy (non-hydrogen) atoms. The van der Waals surface area contributed by atoms with Crippen molar-refractivity contribution < 1.29 is 27.3 Å². The molecule has 0 atom stereocenters. The molecule has 0 aliphatic rings. The van der Waals surface area contributed by atoms with Gasteiger partial charge in [-0.25, -0.2) is 0 Å². The second-order valence-electron chi connectivity index (χ2n) is 2.85. The lowest BCUT2D eigenvalue weighted by molar-refractivity contribution is -0.133. The molecule has 0 fully saturated rings. The lowest BCUT2D eigenvalue weighted by Gasteiger charge is -2.04. The third-order valence-electron chi connectivity index (χ3n) is 1.38. The summed E-state index contributed by atoms with van der Waals surface area (Å²) in [5, 5.41) is 8.32. The largest absolute Gasteiger partial charge is 0.394 e. The van der Waals surface area contributed by atoms with Crippen LogP contribution in [-0.2, 0) is 24.1 Å². The summed E-state index contributed by atoms with van der Waals surface area (Å²) in [6.45, 7) is 3.02. The van der Waals surface area contributed by atoms with Crippen molar-refractivity contribution in [2.45, 2.75) is 6.92 Å². The molecule has 0 saturated carbocycles. The van der Waals surface area contributed by atoms with Gasteiger partial charge < -0.3 is 5.11 Å². The van der Waals surface area contributed by atoms with E-state index in [4.69, 9.17) is 5.11 Å². The number of carbonyl (C=O) groups is 2. The number of aliphatic hydroxyl groups is 1. The van der Waals surface area contributed by atoms with Crippen LogP contribution in [0.3, 0.4) is 0 Å². The van der Waals surface area contributed by atoms with E-state index in [1.54, 1.807) is 4.72 Å². The van der Waals surface area contributed by atoms with Crippen molar-refractivity contribution in [3.8, 4) is 0 Å². The fourth-order valence-corrected chi connectivity index (χ4v) is 1.35. The maximum Gasteiger partial charge on any atom is 0.336 e. The highest BCUT2D eigenvalue weighted by atomic mass is 32.2. The van der Waals surface area contributed by atoms with Gasteiger partial charge in [-0.05, 0) is 12.5 Å². The van der Waals surface area contributed by atoms with E-state index in [0.717, 1.165) is 0 Å². The van der Waals surface area contributed by atoms with Gasteiger partial charge in [-0.3, -0.25) is 13.8 Å². The fraction of sp³-hybridized carbons (Fsp3) is 0.500. The first-order valence-corrected chi connectivity index (χ1v) is 5.69. The molecule has 8 heteroatoms. The summed E-state index contributed by atoms with van der Waals surface area (Å²) in [6, 6.07) is 0. The van der Waals surface area contributed by atoms with E-state index in [9.17, 15) is 18.0 Å². The zero-order chi connectivity index (χ0) is 12.8.